The van der Waals surface area contributed by atoms with Crippen molar-refractivity contribution in [1.82, 2.24) is 0 Å². The van der Waals surface area contributed by atoms with Crippen LogP contribution in [0.25, 0.3) is 0 Å². The molecule has 0 radical (unpaired) electrons. The molecule has 0 fully saturated rings. The van der Waals surface area contributed by atoms with Gasteiger partial charge >= 0.3 is 0 Å². The molecule has 0 saturated carbocycles. The van der Waals surface area contributed by atoms with Gasteiger partial charge in [-0.2, -0.15) is 5.26 Å². The smallest absolute Gasteiger partial charge is 0.0992 e. The minimum Gasteiger partial charge on any atom is -0.355 e. The van der Waals surface area contributed by atoms with Gasteiger partial charge < -0.3 is 5.32 Å². The van der Waals surface area contributed by atoms with E-state index in [0.717, 1.165) is 21.4 Å². The molecule has 3 heteroatoms. The topological polar surface area (TPSA) is 35.8 Å². The second-order valence-corrected chi connectivity index (χ2v) is 4.55. The second-order valence-electron chi connectivity index (χ2n) is 3.76. The third-order valence-electron chi connectivity index (χ3n) is 2.44. The number of nitriles is 1. The molecule has 2 rings (SSSR count). The molecule has 0 aromatic heterocycles. The fourth-order valence-electron chi connectivity index (χ4n) is 1.60. The predicted octanol–water partition coefficient (Wildman–Crippen LogP) is 4.37. The summed E-state index contributed by atoms with van der Waals surface area (Å²) in [5.41, 5.74) is 3.61. The van der Waals surface area contributed by atoms with Crippen LogP contribution < -0.4 is 5.32 Å². The van der Waals surface area contributed by atoms with E-state index in [9.17, 15) is 0 Å². The van der Waals surface area contributed by atoms with Crippen LogP contribution in [-0.4, -0.2) is 0 Å². The molecule has 0 aliphatic carbocycles. The lowest BCUT2D eigenvalue weighted by Gasteiger charge is -2.11. The van der Waals surface area contributed by atoms with Crippen molar-refractivity contribution < 1.29 is 0 Å². The van der Waals surface area contributed by atoms with Crippen molar-refractivity contribution in [2.24, 2.45) is 0 Å². The normalized spacial score (nSPS) is 9.71. The lowest BCUT2D eigenvalue weighted by Crippen LogP contribution is -1.93. The summed E-state index contributed by atoms with van der Waals surface area (Å²) in [7, 11) is 0. The van der Waals surface area contributed by atoms with Gasteiger partial charge in [-0.05, 0) is 52.7 Å². The van der Waals surface area contributed by atoms with Crippen molar-refractivity contribution >= 4 is 27.3 Å². The maximum atomic E-state index is 8.95. The zero-order valence-electron chi connectivity index (χ0n) is 9.37. The maximum absolute atomic E-state index is 8.95. The number of aryl methyl sites for hydroxylation is 1. The van der Waals surface area contributed by atoms with Crippen molar-refractivity contribution in [3.63, 3.8) is 0 Å². The number of benzene rings is 2. The van der Waals surface area contributed by atoms with Crippen molar-refractivity contribution in [3.8, 4) is 6.07 Å². The number of halogens is 1. The van der Waals surface area contributed by atoms with Crippen LogP contribution in [0.2, 0.25) is 0 Å². The van der Waals surface area contributed by atoms with Gasteiger partial charge in [0.2, 0.25) is 0 Å². The fraction of sp³-hybridized carbons (Fsp3) is 0.0714. The van der Waals surface area contributed by atoms with Crippen LogP contribution in [0.3, 0.4) is 0 Å². The SMILES string of the molecule is Cc1cc(C#N)cc(Nc2ccccc2)c1Br. The first kappa shape index (κ1) is 11.7. The Kier molecular flexibility index (Phi) is 3.46. The molecule has 2 aromatic rings. The number of nitrogens with zero attached hydrogens (tertiary/aromatic N) is 1. The first-order valence-electron chi connectivity index (χ1n) is 5.23. The van der Waals surface area contributed by atoms with Crippen LogP contribution >= 0.6 is 15.9 Å². The summed E-state index contributed by atoms with van der Waals surface area (Å²) in [4.78, 5) is 0. The summed E-state index contributed by atoms with van der Waals surface area (Å²) in [6.45, 7) is 1.97. The van der Waals surface area contributed by atoms with Gasteiger partial charge in [-0.1, -0.05) is 18.2 Å². The first-order valence-corrected chi connectivity index (χ1v) is 6.02. The molecule has 17 heavy (non-hydrogen) atoms. The van der Waals surface area contributed by atoms with E-state index in [4.69, 9.17) is 5.26 Å². The van der Waals surface area contributed by atoms with Gasteiger partial charge in [-0.15, -0.1) is 0 Å². The zero-order valence-corrected chi connectivity index (χ0v) is 11.0. The molecule has 0 bridgehead atoms. The Balaban J connectivity index is 2.39. The van der Waals surface area contributed by atoms with E-state index in [1.807, 2.05) is 49.4 Å². The summed E-state index contributed by atoms with van der Waals surface area (Å²) in [6, 6.07) is 15.7. The number of hydrogen-bond donors (Lipinski definition) is 1. The van der Waals surface area contributed by atoms with Crippen molar-refractivity contribution in [1.29, 1.82) is 5.26 Å². The summed E-state index contributed by atoms with van der Waals surface area (Å²) in [5, 5.41) is 12.2. The number of hydrogen-bond acceptors (Lipinski definition) is 2. The van der Waals surface area contributed by atoms with Gasteiger partial charge in [0.05, 0.1) is 17.3 Å². The summed E-state index contributed by atoms with van der Waals surface area (Å²) < 4.78 is 0.986. The molecular weight excluding hydrogens is 276 g/mol. The monoisotopic (exact) mass is 286 g/mol. The molecule has 0 amide bonds. The van der Waals surface area contributed by atoms with Gasteiger partial charge in [0.25, 0.3) is 0 Å². The Bertz CT molecular complexity index is 571. The molecular formula is C14H11BrN2. The molecule has 0 unspecified atom stereocenters. The molecule has 2 nitrogen and oxygen atoms in total. The third kappa shape index (κ3) is 2.66. The van der Waals surface area contributed by atoms with E-state index < -0.39 is 0 Å². The van der Waals surface area contributed by atoms with E-state index in [0.29, 0.717) is 5.56 Å². The Morgan fingerprint density at radius 1 is 1.18 bits per heavy atom. The average molecular weight is 287 g/mol. The van der Waals surface area contributed by atoms with Crippen LogP contribution in [0.1, 0.15) is 11.1 Å². The highest BCUT2D eigenvalue weighted by molar-refractivity contribution is 9.10. The van der Waals surface area contributed by atoms with E-state index in [2.05, 4.69) is 27.3 Å². The standard InChI is InChI=1S/C14H11BrN2/c1-10-7-11(9-16)8-13(14(10)15)17-12-5-3-2-4-6-12/h2-8,17H,1H3. The summed E-state index contributed by atoms with van der Waals surface area (Å²) in [6.07, 6.45) is 0. The van der Waals surface area contributed by atoms with E-state index in [-0.39, 0.29) is 0 Å². The highest BCUT2D eigenvalue weighted by Gasteiger charge is 2.05. The maximum Gasteiger partial charge on any atom is 0.0992 e. The molecule has 0 saturated heterocycles. The summed E-state index contributed by atoms with van der Waals surface area (Å²) in [5.74, 6) is 0. The zero-order chi connectivity index (χ0) is 12.3. The molecule has 2 aromatic carbocycles. The molecule has 84 valence electrons. The van der Waals surface area contributed by atoms with Crippen LogP contribution in [-0.2, 0) is 0 Å². The quantitative estimate of drug-likeness (QED) is 0.890. The molecule has 0 aliphatic heterocycles. The van der Waals surface area contributed by atoms with Crippen molar-refractivity contribution in [2.45, 2.75) is 6.92 Å². The number of para-hydroxylation sites is 1. The molecule has 1 N–H and O–H groups in total. The summed E-state index contributed by atoms with van der Waals surface area (Å²) >= 11 is 3.53. The Labute approximate surface area is 109 Å². The Morgan fingerprint density at radius 3 is 2.53 bits per heavy atom. The molecule has 0 heterocycles. The molecule has 0 spiro atoms. The highest BCUT2D eigenvalue weighted by Crippen LogP contribution is 2.30. The molecule has 0 aliphatic rings. The number of anilines is 2. The van der Waals surface area contributed by atoms with Crippen LogP contribution in [0, 0.1) is 18.3 Å². The van der Waals surface area contributed by atoms with Crippen molar-refractivity contribution in [2.75, 3.05) is 5.32 Å². The predicted molar refractivity (Wildman–Crippen MR) is 73.3 cm³/mol. The van der Waals surface area contributed by atoms with Crippen LogP contribution in [0.5, 0.6) is 0 Å². The average Bonchev–Trinajstić information content (AvgIpc) is 2.36. The highest BCUT2D eigenvalue weighted by atomic mass is 79.9. The lowest BCUT2D eigenvalue weighted by atomic mass is 10.1. The van der Waals surface area contributed by atoms with Gasteiger partial charge in [0.15, 0.2) is 0 Å². The largest absolute Gasteiger partial charge is 0.355 e. The van der Waals surface area contributed by atoms with Gasteiger partial charge in [-0.25, -0.2) is 0 Å². The third-order valence-corrected chi connectivity index (χ3v) is 3.49. The number of rotatable bonds is 2. The van der Waals surface area contributed by atoms with Crippen molar-refractivity contribution in [3.05, 3.63) is 58.1 Å². The van der Waals surface area contributed by atoms with Gasteiger partial charge in [0.1, 0.15) is 0 Å². The van der Waals surface area contributed by atoms with E-state index >= 15 is 0 Å². The van der Waals surface area contributed by atoms with Gasteiger partial charge in [-0.3, -0.25) is 0 Å². The second kappa shape index (κ2) is 5.03. The Hall–Kier alpha value is -1.79. The minimum atomic E-state index is 0.657. The first-order chi connectivity index (χ1) is 8.20. The number of nitrogens with one attached hydrogen (secondary N) is 1. The minimum absolute atomic E-state index is 0.657. The van der Waals surface area contributed by atoms with E-state index in [1.54, 1.807) is 0 Å². The Morgan fingerprint density at radius 2 is 1.88 bits per heavy atom. The van der Waals surface area contributed by atoms with E-state index in [1.165, 1.54) is 0 Å². The van der Waals surface area contributed by atoms with Crippen LogP contribution in [0.15, 0.2) is 46.9 Å². The van der Waals surface area contributed by atoms with Gasteiger partial charge in [0, 0.05) is 10.2 Å². The van der Waals surface area contributed by atoms with Crippen LogP contribution in [0.4, 0.5) is 11.4 Å². The molecule has 0 atom stereocenters. The lowest BCUT2D eigenvalue weighted by molar-refractivity contribution is 1.38. The fourth-order valence-corrected chi connectivity index (χ4v) is 1.93.